The Labute approximate surface area is 160 Å². The first-order valence-electron chi connectivity index (χ1n) is 9.21. The molecule has 0 bridgehead atoms. The molecule has 0 aromatic heterocycles. The summed E-state index contributed by atoms with van der Waals surface area (Å²) in [6, 6.07) is 3.59. The lowest BCUT2D eigenvalue weighted by Gasteiger charge is -2.18. The fraction of sp³-hybridized carbons (Fsp3) is 0.579. The van der Waals surface area contributed by atoms with Crippen molar-refractivity contribution in [1.82, 2.24) is 15.5 Å². The largest absolute Gasteiger partial charge is 0.496 e. The van der Waals surface area contributed by atoms with Gasteiger partial charge in [-0.3, -0.25) is 4.79 Å². The highest BCUT2D eigenvalue weighted by molar-refractivity contribution is 5.86. The number of guanidine groups is 1. The minimum Gasteiger partial charge on any atom is -0.496 e. The first kappa shape index (κ1) is 20.7. The van der Waals surface area contributed by atoms with Crippen molar-refractivity contribution in [3.63, 3.8) is 0 Å². The number of nitrogens with zero attached hydrogens (tertiary/aromatic N) is 2. The van der Waals surface area contributed by atoms with Gasteiger partial charge in [0.25, 0.3) is 0 Å². The SMILES string of the molecule is CCNC(=NCc1c(OC)cc(OC)cc1OC)NCC(=O)N1CCCC1. The summed E-state index contributed by atoms with van der Waals surface area (Å²) >= 11 is 0. The van der Waals surface area contributed by atoms with Gasteiger partial charge in [-0.1, -0.05) is 0 Å². The molecule has 1 aromatic carbocycles. The van der Waals surface area contributed by atoms with E-state index in [2.05, 4.69) is 15.6 Å². The van der Waals surface area contributed by atoms with Crippen LogP contribution < -0.4 is 24.8 Å². The Hall–Kier alpha value is -2.64. The molecule has 150 valence electrons. The third-order valence-electron chi connectivity index (χ3n) is 4.42. The Balaban J connectivity index is 2.10. The zero-order valence-corrected chi connectivity index (χ0v) is 16.6. The number of hydrogen-bond donors (Lipinski definition) is 2. The Morgan fingerprint density at radius 3 is 2.22 bits per heavy atom. The fourth-order valence-corrected chi connectivity index (χ4v) is 2.97. The van der Waals surface area contributed by atoms with Gasteiger partial charge in [0.2, 0.25) is 5.91 Å². The number of likely N-dealkylation sites (tertiary alicyclic amines) is 1. The van der Waals surface area contributed by atoms with Gasteiger partial charge in [0.15, 0.2) is 5.96 Å². The average Bonchev–Trinajstić information content (AvgIpc) is 3.24. The number of hydrogen-bond acceptors (Lipinski definition) is 5. The summed E-state index contributed by atoms with van der Waals surface area (Å²) in [5.41, 5.74) is 0.809. The van der Waals surface area contributed by atoms with E-state index in [1.165, 1.54) is 0 Å². The zero-order chi connectivity index (χ0) is 19.6. The van der Waals surface area contributed by atoms with E-state index >= 15 is 0 Å². The van der Waals surface area contributed by atoms with E-state index in [0.717, 1.165) is 31.5 Å². The van der Waals surface area contributed by atoms with Crippen LogP contribution in [0.1, 0.15) is 25.3 Å². The van der Waals surface area contributed by atoms with Crippen molar-refractivity contribution in [1.29, 1.82) is 0 Å². The second kappa shape index (κ2) is 10.5. The molecular formula is C19H30N4O4. The minimum atomic E-state index is 0.0951. The van der Waals surface area contributed by atoms with Crippen LogP contribution in [0.5, 0.6) is 17.2 Å². The van der Waals surface area contributed by atoms with E-state index in [-0.39, 0.29) is 12.5 Å². The molecule has 1 aliphatic heterocycles. The molecule has 1 saturated heterocycles. The predicted octanol–water partition coefficient (Wildman–Crippen LogP) is 1.39. The van der Waals surface area contributed by atoms with Crippen molar-refractivity contribution >= 4 is 11.9 Å². The Bertz CT molecular complexity index is 632. The van der Waals surface area contributed by atoms with Gasteiger partial charge in [0.1, 0.15) is 17.2 Å². The summed E-state index contributed by atoms with van der Waals surface area (Å²) in [5.74, 6) is 2.60. The lowest BCUT2D eigenvalue weighted by molar-refractivity contribution is -0.128. The number of carbonyl (C=O) groups excluding carboxylic acids is 1. The second-order valence-corrected chi connectivity index (χ2v) is 6.15. The molecular weight excluding hydrogens is 348 g/mol. The molecule has 0 unspecified atom stereocenters. The zero-order valence-electron chi connectivity index (χ0n) is 16.6. The number of nitrogens with one attached hydrogen (secondary N) is 2. The standard InChI is InChI=1S/C19H30N4O4/c1-5-20-19(22-13-18(24)23-8-6-7-9-23)21-12-15-16(26-3)10-14(25-2)11-17(15)27-4/h10-11H,5-9,12-13H2,1-4H3,(H2,20,21,22). The summed E-state index contributed by atoms with van der Waals surface area (Å²) in [7, 11) is 4.79. The van der Waals surface area contributed by atoms with Crippen LogP contribution in [0.2, 0.25) is 0 Å². The van der Waals surface area contributed by atoms with Crippen molar-refractivity contribution in [3.05, 3.63) is 17.7 Å². The maximum absolute atomic E-state index is 12.2. The predicted molar refractivity (Wildman–Crippen MR) is 105 cm³/mol. The summed E-state index contributed by atoms with van der Waals surface area (Å²) < 4.78 is 16.2. The number of amides is 1. The second-order valence-electron chi connectivity index (χ2n) is 6.15. The van der Waals surface area contributed by atoms with E-state index in [9.17, 15) is 4.79 Å². The average molecular weight is 378 g/mol. The van der Waals surface area contributed by atoms with Crippen molar-refractivity contribution in [2.45, 2.75) is 26.3 Å². The monoisotopic (exact) mass is 378 g/mol. The van der Waals surface area contributed by atoms with Crippen LogP contribution in [0, 0.1) is 0 Å². The van der Waals surface area contributed by atoms with Crippen molar-refractivity contribution < 1.29 is 19.0 Å². The molecule has 0 aliphatic carbocycles. The highest BCUT2D eigenvalue weighted by Crippen LogP contribution is 2.34. The highest BCUT2D eigenvalue weighted by Gasteiger charge is 2.18. The molecule has 2 N–H and O–H groups in total. The molecule has 1 amide bonds. The van der Waals surface area contributed by atoms with E-state index in [1.807, 2.05) is 11.8 Å². The van der Waals surface area contributed by atoms with Crippen LogP contribution in [0.3, 0.4) is 0 Å². The van der Waals surface area contributed by atoms with Crippen LogP contribution in [0.15, 0.2) is 17.1 Å². The molecule has 27 heavy (non-hydrogen) atoms. The first-order valence-corrected chi connectivity index (χ1v) is 9.21. The fourth-order valence-electron chi connectivity index (χ4n) is 2.97. The molecule has 1 fully saturated rings. The number of methoxy groups -OCH3 is 3. The summed E-state index contributed by atoms with van der Waals surface area (Å²) in [4.78, 5) is 18.7. The summed E-state index contributed by atoms with van der Waals surface area (Å²) in [6.45, 7) is 4.92. The molecule has 1 aromatic rings. The van der Waals surface area contributed by atoms with Crippen LogP contribution >= 0.6 is 0 Å². The summed E-state index contributed by atoms with van der Waals surface area (Å²) in [6.07, 6.45) is 2.16. The van der Waals surface area contributed by atoms with Gasteiger partial charge in [-0.2, -0.15) is 0 Å². The Morgan fingerprint density at radius 1 is 1.07 bits per heavy atom. The Kier molecular flexibility index (Phi) is 8.03. The third kappa shape index (κ3) is 5.67. The first-order chi connectivity index (χ1) is 13.1. The van der Waals surface area contributed by atoms with Crippen LogP contribution in [0.25, 0.3) is 0 Å². The number of rotatable bonds is 8. The molecule has 1 aliphatic rings. The molecule has 0 radical (unpaired) electrons. The number of ether oxygens (including phenoxy) is 3. The van der Waals surface area contributed by atoms with Gasteiger partial charge in [0.05, 0.1) is 40.0 Å². The van der Waals surface area contributed by atoms with Gasteiger partial charge in [0, 0.05) is 31.8 Å². The van der Waals surface area contributed by atoms with E-state index in [0.29, 0.717) is 36.3 Å². The number of benzene rings is 1. The van der Waals surface area contributed by atoms with Crippen LogP contribution in [-0.4, -0.2) is 64.3 Å². The topological polar surface area (TPSA) is 84.4 Å². The molecule has 0 spiro atoms. The summed E-state index contributed by atoms with van der Waals surface area (Å²) in [5, 5.41) is 6.26. The van der Waals surface area contributed by atoms with E-state index in [1.54, 1.807) is 33.5 Å². The lowest BCUT2D eigenvalue weighted by atomic mass is 10.1. The van der Waals surface area contributed by atoms with Crippen LogP contribution in [0.4, 0.5) is 0 Å². The van der Waals surface area contributed by atoms with Crippen molar-refractivity contribution in [3.8, 4) is 17.2 Å². The maximum atomic E-state index is 12.2. The molecule has 2 rings (SSSR count). The van der Waals surface area contributed by atoms with Gasteiger partial charge < -0.3 is 29.7 Å². The maximum Gasteiger partial charge on any atom is 0.241 e. The van der Waals surface area contributed by atoms with Gasteiger partial charge in [-0.05, 0) is 19.8 Å². The van der Waals surface area contributed by atoms with Gasteiger partial charge >= 0.3 is 0 Å². The third-order valence-corrected chi connectivity index (χ3v) is 4.42. The molecule has 8 heteroatoms. The minimum absolute atomic E-state index is 0.0951. The molecule has 0 atom stereocenters. The van der Waals surface area contributed by atoms with Gasteiger partial charge in [-0.25, -0.2) is 4.99 Å². The smallest absolute Gasteiger partial charge is 0.241 e. The van der Waals surface area contributed by atoms with E-state index < -0.39 is 0 Å². The number of aliphatic imine (C=N–C) groups is 1. The lowest BCUT2D eigenvalue weighted by Crippen LogP contribution is -2.44. The Morgan fingerprint density at radius 2 is 1.70 bits per heavy atom. The molecule has 8 nitrogen and oxygen atoms in total. The van der Waals surface area contributed by atoms with Crippen molar-refractivity contribution in [2.24, 2.45) is 4.99 Å². The normalized spacial score (nSPS) is 14.1. The van der Waals surface area contributed by atoms with Gasteiger partial charge in [-0.15, -0.1) is 0 Å². The molecule has 1 heterocycles. The van der Waals surface area contributed by atoms with Crippen molar-refractivity contribution in [2.75, 3.05) is 47.5 Å². The van der Waals surface area contributed by atoms with Crippen LogP contribution in [-0.2, 0) is 11.3 Å². The quantitative estimate of drug-likeness (QED) is 0.525. The van der Waals surface area contributed by atoms with E-state index in [4.69, 9.17) is 14.2 Å². The number of carbonyl (C=O) groups is 1. The highest BCUT2D eigenvalue weighted by atomic mass is 16.5. The molecule has 0 saturated carbocycles.